The highest BCUT2D eigenvalue weighted by molar-refractivity contribution is 9.10. The van der Waals surface area contributed by atoms with E-state index in [1.54, 1.807) is 37.7 Å². The molecule has 1 heterocycles. The van der Waals surface area contributed by atoms with Gasteiger partial charge in [0.25, 0.3) is 5.91 Å². The number of aromatic nitrogens is 2. The monoisotopic (exact) mass is 321 g/mol. The van der Waals surface area contributed by atoms with Gasteiger partial charge in [-0.05, 0) is 34.1 Å². The Morgan fingerprint density at radius 1 is 1.37 bits per heavy atom. The van der Waals surface area contributed by atoms with Crippen LogP contribution in [-0.2, 0) is 6.54 Å². The van der Waals surface area contributed by atoms with Crippen molar-refractivity contribution in [3.05, 3.63) is 52.5 Å². The summed E-state index contributed by atoms with van der Waals surface area (Å²) in [6, 6.07) is 5.17. The van der Waals surface area contributed by atoms with E-state index in [4.69, 9.17) is 4.74 Å². The number of ether oxygens (including phenoxy) is 1. The second-order valence-corrected chi connectivity index (χ2v) is 4.63. The van der Waals surface area contributed by atoms with Crippen LogP contribution in [0.3, 0.4) is 0 Å². The molecule has 0 radical (unpaired) electrons. The first-order valence-electron chi connectivity index (χ1n) is 5.56. The van der Waals surface area contributed by atoms with E-state index in [0.29, 0.717) is 17.9 Å². The summed E-state index contributed by atoms with van der Waals surface area (Å²) < 4.78 is 5.86. The van der Waals surface area contributed by atoms with E-state index in [1.165, 1.54) is 6.33 Å². The van der Waals surface area contributed by atoms with Gasteiger partial charge in [0.1, 0.15) is 12.1 Å². The molecule has 0 saturated carbocycles. The Morgan fingerprint density at radius 3 is 2.74 bits per heavy atom. The summed E-state index contributed by atoms with van der Waals surface area (Å²) in [6.07, 6.45) is 4.78. The molecule has 1 aromatic heterocycles. The summed E-state index contributed by atoms with van der Waals surface area (Å²) in [7, 11) is 1.58. The summed E-state index contributed by atoms with van der Waals surface area (Å²) in [4.78, 5) is 19.7. The minimum atomic E-state index is -0.160. The second kappa shape index (κ2) is 6.29. The number of carbonyl (C=O) groups excluding carboxylic acids is 1. The number of hydrogen-bond acceptors (Lipinski definition) is 4. The lowest BCUT2D eigenvalue weighted by atomic mass is 10.2. The van der Waals surface area contributed by atoms with Crippen molar-refractivity contribution in [3.8, 4) is 5.75 Å². The highest BCUT2D eigenvalue weighted by Gasteiger charge is 2.08. The molecule has 2 rings (SSSR count). The predicted molar refractivity (Wildman–Crippen MR) is 73.9 cm³/mol. The van der Waals surface area contributed by atoms with Crippen LogP contribution in [0.2, 0.25) is 0 Å². The van der Waals surface area contributed by atoms with Crippen molar-refractivity contribution < 1.29 is 9.53 Å². The number of methoxy groups -OCH3 is 1. The van der Waals surface area contributed by atoms with Crippen LogP contribution < -0.4 is 10.1 Å². The van der Waals surface area contributed by atoms with Gasteiger partial charge in [0.05, 0.1) is 11.6 Å². The van der Waals surface area contributed by atoms with Gasteiger partial charge in [0, 0.05) is 30.1 Å². The van der Waals surface area contributed by atoms with E-state index in [0.717, 1.165) is 10.0 Å². The Hall–Kier alpha value is -1.95. The lowest BCUT2D eigenvalue weighted by molar-refractivity contribution is 0.0951. The lowest BCUT2D eigenvalue weighted by Crippen LogP contribution is -2.22. The van der Waals surface area contributed by atoms with E-state index in [9.17, 15) is 4.79 Å². The molecule has 0 fully saturated rings. The van der Waals surface area contributed by atoms with Crippen molar-refractivity contribution >= 4 is 21.8 Å². The number of nitrogens with zero attached hydrogens (tertiary/aromatic N) is 2. The standard InChI is InChI=1S/C13H12BrN3O2/c1-19-12-3-2-10(4-11(12)14)13(18)17-7-9-5-15-8-16-6-9/h2-6,8H,7H2,1H3,(H,17,18). The first kappa shape index (κ1) is 13.5. The maximum atomic E-state index is 12.0. The smallest absolute Gasteiger partial charge is 0.251 e. The average Bonchev–Trinajstić information content (AvgIpc) is 2.45. The summed E-state index contributed by atoms with van der Waals surface area (Å²) in [6.45, 7) is 0.392. The first-order valence-corrected chi connectivity index (χ1v) is 6.35. The highest BCUT2D eigenvalue weighted by Crippen LogP contribution is 2.25. The fourth-order valence-electron chi connectivity index (χ4n) is 1.51. The minimum Gasteiger partial charge on any atom is -0.496 e. The maximum absolute atomic E-state index is 12.0. The molecule has 0 saturated heterocycles. The molecule has 19 heavy (non-hydrogen) atoms. The van der Waals surface area contributed by atoms with Crippen LogP contribution in [0.5, 0.6) is 5.75 Å². The lowest BCUT2D eigenvalue weighted by Gasteiger charge is -2.07. The fourth-order valence-corrected chi connectivity index (χ4v) is 2.05. The third-order valence-corrected chi connectivity index (χ3v) is 3.10. The quantitative estimate of drug-likeness (QED) is 0.937. The van der Waals surface area contributed by atoms with Crippen LogP contribution in [0.25, 0.3) is 0 Å². The van der Waals surface area contributed by atoms with Gasteiger partial charge < -0.3 is 10.1 Å². The number of amides is 1. The van der Waals surface area contributed by atoms with E-state index in [1.807, 2.05) is 0 Å². The van der Waals surface area contributed by atoms with Crippen molar-refractivity contribution in [2.45, 2.75) is 6.54 Å². The van der Waals surface area contributed by atoms with Crippen LogP contribution in [-0.4, -0.2) is 23.0 Å². The van der Waals surface area contributed by atoms with Crippen molar-refractivity contribution in [1.29, 1.82) is 0 Å². The van der Waals surface area contributed by atoms with Crippen LogP contribution in [0.15, 0.2) is 41.4 Å². The molecule has 1 N–H and O–H groups in total. The predicted octanol–water partition coefficient (Wildman–Crippen LogP) is 2.18. The van der Waals surface area contributed by atoms with Crippen molar-refractivity contribution in [1.82, 2.24) is 15.3 Å². The number of rotatable bonds is 4. The van der Waals surface area contributed by atoms with Crippen molar-refractivity contribution in [3.63, 3.8) is 0 Å². The minimum absolute atomic E-state index is 0.160. The van der Waals surface area contributed by atoms with Gasteiger partial charge in [0.15, 0.2) is 0 Å². The van der Waals surface area contributed by atoms with E-state index >= 15 is 0 Å². The zero-order chi connectivity index (χ0) is 13.7. The van der Waals surface area contributed by atoms with Gasteiger partial charge >= 0.3 is 0 Å². The molecule has 2 aromatic rings. The van der Waals surface area contributed by atoms with Crippen molar-refractivity contribution in [2.24, 2.45) is 0 Å². The number of hydrogen-bond donors (Lipinski definition) is 1. The molecule has 0 aliphatic heterocycles. The largest absolute Gasteiger partial charge is 0.496 e. The zero-order valence-corrected chi connectivity index (χ0v) is 11.8. The van der Waals surface area contributed by atoms with Gasteiger partial charge in [-0.3, -0.25) is 4.79 Å². The molecule has 1 amide bonds. The number of nitrogens with one attached hydrogen (secondary N) is 1. The van der Waals surface area contributed by atoms with Gasteiger partial charge in [-0.25, -0.2) is 9.97 Å². The third-order valence-electron chi connectivity index (χ3n) is 2.48. The Bertz CT molecular complexity index is 575. The van der Waals surface area contributed by atoms with Gasteiger partial charge in [-0.2, -0.15) is 0 Å². The molecule has 0 aliphatic carbocycles. The first-order chi connectivity index (χ1) is 9.20. The molecular weight excluding hydrogens is 310 g/mol. The molecule has 5 nitrogen and oxygen atoms in total. The Balaban J connectivity index is 2.02. The Kier molecular flexibility index (Phi) is 4.46. The molecule has 6 heteroatoms. The summed E-state index contributed by atoms with van der Waals surface area (Å²) in [5.41, 5.74) is 1.41. The molecule has 1 aromatic carbocycles. The van der Waals surface area contributed by atoms with Gasteiger partial charge in [0.2, 0.25) is 0 Å². The molecule has 0 spiro atoms. The fraction of sp³-hybridized carbons (Fsp3) is 0.154. The van der Waals surface area contributed by atoms with Crippen LogP contribution in [0.1, 0.15) is 15.9 Å². The van der Waals surface area contributed by atoms with E-state index in [2.05, 4.69) is 31.2 Å². The van der Waals surface area contributed by atoms with E-state index < -0.39 is 0 Å². The molecular formula is C13H12BrN3O2. The Labute approximate surface area is 119 Å². The normalized spacial score (nSPS) is 10.0. The highest BCUT2D eigenvalue weighted by atomic mass is 79.9. The molecule has 0 atom stereocenters. The topological polar surface area (TPSA) is 64.1 Å². The van der Waals surface area contributed by atoms with Crippen LogP contribution in [0.4, 0.5) is 0 Å². The maximum Gasteiger partial charge on any atom is 0.251 e. The molecule has 0 aliphatic rings. The van der Waals surface area contributed by atoms with Gasteiger partial charge in [-0.1, -0.05) is 0 Å². The average molecular weight is 322 g/mol. The summed E-state index contributed by atoms with van der Waals surface area (Å²) >= 11 is 3.35. The summed E-state index contributed by atoms with van der Waals surface area (Å²) in [5.74, 6) is 0.528. The second-order valence-electron chi connectivity index (χ2n) is 3.78. The number of halogens is 1. The SMILES string of the molecule is COc1ccc(C(=O)NCc2cncnc2)cc1Br. The number of carbonyl (C=O) groups is 1. The van der Waals surface area contributed by atoms with E-state index in [-0.39, 0.29) is 5.91 Å². The molecule has 0 unspecified atom stereocenters. The molecule has 98 valence electrons. The Morgan fingerprint density at radius 2 is 2.11 bits per heavy atom. The zero-order valence-electron chi connectivity index (χ0n) is 10.3. The van der Waals surface area contributed by atoms with Crippen molar-refractivity contribution in [2.75, 3.05) is 7.11 Å². The third kappa shape index (κ3) is 3.51. The van der Waals surface area contributed by atoms with Crippen LogP contribution in [0, 0.1) is 0 Å². The van der Waals surface area contributed by atoms with Crippen LogP contribution >= 0.6 is 15.9 Å². The summed E-state index contributed by atoms with van der Waals surface area (Å²) in [5, 5.41) is 2.80. The molecule has 0 bridgehead atoms. The number of benzene rings is 1. The van der Waals surface area contributed by atoms with Gasteiger partial charge in [-0.15, -0.1) is 0 Å².